The molecule has 0 saturated carbocycles. The predicted molar refractivity (Wildman–Crippen MR) is 115 cm³/mol. The summed E-state index contributed by atoms with van der Waals surface area (Å²) < 4.78 is 39.3. The lowest BCUT2D eigenvalue weighted by Crippen LogP contribution is -2.54. The van der Waals surface area contributed by atoms with Crippen molar-refractivity contribution in [3.8, 4) is 0 Å². The lowest BCUT2D eigenvalue weighted by atomic mass is 9.71. The van der Waals surface area contributed by atoms with Gasteiger partial charge < -0.3 is 14.4 Å². The van der Waals surface area contributed by atoms with Crippen molar-refractivity contribution in [2.24, 2.45) is 5.41 Å². The monoisotopic (exact) mass is 459 g/mol. The highest BCUT2D eigenvalue weighted by Crippen LogP contribution is 2.41. The zero-order valence-electron chi connectivity index (χ0n) is 19.3. The minimum absolute atomic E-state index is 0.0136. The summed E-state index contributed by atoms with van der Waals surface area (Å²) in [7, 11) is 0. The number of carbonyl (C=O) groups is 2. The minimum atomic E-state index is -1.09. The largest absolute Gasteiger partial charge is 0.460 e. The van der Waals surface area contributed by atoms with Crippen molar-refractivity contribution < 1.29 is 27.8 Å². The molecule has 1 aliphatic rings. The number of amides is 1. The van der Waals surface area contributed by atoms with Gasteiger partial charge in [0.2, 0.25) is 0 Å². The molecule has 2 atom stereocenters. The number of hydrogen-bond donors (Lipinski definition) is 0. The molecule has 1 aliphatic heterocycles. The molecular formula is C23H32ClF2NO4. The normalized spacial score (nSPS) is 22.3. The van der Waals surface area contributed by atoms with E-state index < -0.39 is 40.3 Å². The first-order valence-corrected chi connectivity index (χ1v) is 10.8. The number of hydrogen-bond acceptors (Lipinski definition) is 4. The van der Waals surface area contributed by atoms with Crippen LogP contribution in [0.15, 0.2) is 12.1 Å². The molecule has 2 rings (SSSR count). The molecule has 0 aliphatic carbocycles. The van der Waals surface area contributed by atoms with Gasteiger partial charge in [-0.1, -0.05) is 11.6 Å². The third-order valence-corrected chi connectivity index (χ3v) is 5.42. The van der Waals surface area contributed by atoms with Crippen LogP contribution in [0, 0.1) is 17.0 Å². The predicted octanol–water partition coefficient (Wildman–Crippen LogP) is 5.91. The average molecular weight is 460 g/mol. The number of piperidine rings is 1. The van der Waals surface area contributed by atoms with Gasteiger partial charge in [-0.2, -0.15) is 0 Å². The molecule has 1 aromatic rings. The second-order valence-corrected chi connectivity index (χ2v) is 10.7. The molecule has 1 amide bonds. The number of ether oxygens (including phenoxy) is 2. The fourth-order valence-electron chi connectivity index (χ4n) is 3.79. The van der Waals surface area contributed by atoms with Gasteiger partial charge in [0.05, 0.1) is 10.4 Å². The molecule has 0 radical (unpaired) electrons. The Morgan fingerprint density at radius 3 is 2.19 bits per heavy atom. The summed E-state index contributed by atoms with van der Waals surface area (Å²) in [5, 5.41) is -0.213. The molecule has 1 saturated heterocycles. The van der Waals surface area contributed by atoms with E-state index in [1.54, 1.807) is 46.4 Å². The summed E-state index contributed by atoms with van der Waals surface area (Å²) in [6, 6.07) is 1.58. The molecular weight excluding hydrogens is 428 g/mol. The van der Waals surface area contributed by atoms with E-state index in [1.165, 1.54) is 6.07 Å². The van der Waals surface area contributed by atoms with Crippen LogP contribution in [0.25, 0.3) is 0 Å². The lowest BCUT2D eigenvalue weighted by molar-refractivity contribution is -0.172. The van der Waals surface area contributed by atoms with Crippen LogP contribution in [-0.4, -0.2) is 40.8 Å². The van der Waals surface area contributed by atoms with Gasteiger partial charge in [0.25, 0.3) is 0 Å². The van der Waals surface area contributed by atoms with Crippen LogP contribution in [0.3, 0.4) is 0 Å². The Hall–Kier alpha value is -1.89. The second-order valence-electron chi connectivity index (χ2n) is 10.3. The summed E-state index contributed by atoms with van der Waals surface area (Å²) in [4.78, 5) is 27.4. The number of carbonyl (C=O) groups excluding carboxylic acids is 2. The SMILES string of the molecule is C[C@@H]1C[C@](Cc2cc(Cl)c(F)cc2F)(C(=O)OC(C)(C)C)CCN1C(=O)OC(C)(C)C. The van der Waals surface area contributed by atoms with Crippen molar-refractivity contribution in [1.29, 1.82) is 0 Å². The van der Waals surface area contributed by atoms with Gasteiger partial charge in [0, 0.05) is 18.7 Å². The molecule has 0 aromatic heterocycles. The molecule has 0 bridgehead atoms. The van der Waals surface area contributed by atoms with Crippen LogP contribution in [0.4, 0.5) is 13.6 Å². The molecule has 1 aromatic carbocycles. The standard InChI is InChI=1S/C23H32ClF2NO4/c1-14-12-23(19(28)30-21(2,3)4,8-9-27(14)20(29)31-22(5,6)7)13-15-10-16(24)18(26)11-17(15)25/h10-11,14H,8-9,12-13H2,1-7H3/t14-,23-/m1/s1. The van der Waals surface area contributed by atoms with Gasteiger partial charge in [-0.3, -0.25) is 4.79 Å². The van der Waals surface area contributed by atoms with Crippen molar-refractivity contribution in [2.75, 3.05) is 6.54 Å². The van der Waals surface area contributed by atoms with Crippen LogP contribution in [0.2, 0.25) is 5.02 Å². The van der Waals surface area contributed by atoms with Gasteiger partial charge >= 0.3 is 12.1 Å². The van der Waals surface area contributed by atoms with Crippen LogP contribution >= 0.6 is 11.6 Å². The van der Waals surface area contributed by atoms with Gasteiger partial charge in [-0.15, -0.1) is 0 Å². The van der Waals surface area contributed by atoms with E-state index in [9.17, 15) is 18.4 Å². The first-order chi connectivity index (χ1) is 14.0. The molecule has 8 heteroatoms. The Bertz CT molecular complexity index is 847. The molecule has 1 heterocycles. The fraction of sp³-hybridized carbons (Fsp3) is 0.652. The highest BCUT2D eigenvalue weighted by Gasteiger charge is 2.48. The van der Waals surface area contributed by atoms with E-state index >= 15 is 0 Å². The van der Waals surface area contributed by atoms with Gasteiger partial charge in [0.15, 0.2) is 0 Å². The highest BCUT2D eigenvalue weighted by molar-refractivity contribution is 6.30. The zero-order valence-corrected chi connectivity index (χ0v) is 20.0. The van der Waals surface area contributed by atoms with E-state index in [-0.39, 0.29) is 42.4 Å². The number of halogens is 3. The number of rotatable bonds is 3. The summed E-state index contributed by atoms with van der Waals surface area (Å²) >= 11 is 5.86. The van der Waals surface area contributed by atoms with Crippen molar-refractivity contribution in [1.82, 2.24) is 4.90 Å². The molecule has 0 N–H and O–H groups in total. The van der Waals surface area contributed by atoms with Crippen molar-refractivity contribution in [3.63, 3.8) is 0 Å². The van der Waals surface area contributed by atoms with Crippen molar-refractivity contribution >= 4 is 23.7 Å². The summed E-state index contributed by atoms with van der Waals surface area (Å²) in [5.74, 6) is -2.11. The fourth-order valence-corrected chi connectivity index (χ4v) is 3.98. The average Bonchev–Trinajstić information content (AvgIpc) is 2.56. The Labute approximate surface area is 188 Å². The maximum Gasteiger partial charge on any atom is 0.410 e. The van der Waals surface area contributed by atoms with E-state index in [2.05, 4.69) is 0 Å². The van der Waals surface area contributed by atoms with Crippen LogP contribution in [-0.2, 0) is 20.7 Å². The highest BCUT2D eigenvalue weighted by atomic mass is 35.5. The zero-order chi connectivity index (χ0) is 23.8. The first-order valence-electron chi connectivity index (χ1n) is 10.4. The maximum atomic E-state index is 14.5. The third-order valence-electron chi connectivity index (χ3n) is 5.13. The topological polar surface area (TPSA) is 55.8 Å². The smallest absolute Gasteiger partial charge is 0.410 e. The van der Waals surface area contributed by atoms with E-state index in [0.29, 0.717) is 0 Å². The van der Waals surface area contributed by atoms with Gasteiger partial charge in [-0.05, 0) is 79.4 Å². The molecule has 5 nitrogen and oxygen atoms in total. The van der Waals surface area contributed by atoms with Gasteiger partial charge in [-0.25, -0.2) is 13.6 Å². The van der Waals surface area contributed by atoms with E-state index in [4.69, 9.17) is 21.1 Å². The van der Waals surface area contributed by atoms with E-state index in [1.807, 2.05) is 6.92 Å². The summed E-state index contributed by atoms with van der Waals surface area (Å²) in [5.41, 5.74) is -2.35. The number of esters is 1. The minimum Gasteiger partial charge on any atom is -0.460 e. The second kappa shape index (κ2) is 8.93. The molecule has 0 unspecified atom stereocenters. The molecule has 174 valence electrons. The maximum absolute atomic E-state index is 14.5. The van der Waals surface area contributed by atoms with Crippen LogP contribution in [0.5, 0.6) is 0 Å². The Morgan fingerprint density at radius 2 is 1.68 bits per heavy atom. The van der Waals surface area contributed by atoms with Crippen LogP contribution < -0.4 is 0 Å². The molecule has 0 spiro atoms. The number of nitrogens with zero attached hydrogens (tertiary/aromatic N) is 1. The van der Waals surface area contributed by atoms with Crippen molar-refractivity contribution in [2.45, 2.75) is 85.0 Å². The van der Waals surface area contributed by atoms with Gasteiger partial charge in [0.1, 0.15) is 22.8 Å². The molecule has 1 fully saturated rings. The Morgan fingerprint density at radius 1 is 1.10 bits per heavy atom. The Kier molecular flexibility index (Phi) is 7.31. The van der Waals surface area contributed by atoms with Crippen LogP contribution in [0.1, 0.15) is 66.9 Å². The Balaban J connectivity index is 2.36. The number of likely N-dealkylation sites (tertiary alicyclic amines) is 1. The number of benzene rings is 1. The summed E-state index contributed by atoms with van der Waals surface area (Å²) in [6.07, 6.45) is 0.0178. The quantitative estimate of drug-likeness (QED) is 0.416. The lowest BCUT2D eigenvalue weighted by Gasteiger charge is -2.45. The third kappa shape index (κ3) is 6.55. The molecule has 31 heavy (non-hydrogen) atoms. The summed E-state index contributed by atoms with van der Waals surface area (Å²) in [6.45, 7) is 12.7. The van der Waals surface area contributed by atoms with Crippen molar-refractivity contribution in [3.05, 3.63) is 34.4 Å². The first kappa shape index (κ1) is 25.4. The van der Waals surface area contributed by atoms with E-state index in [0.717, 1.165) is 6.07 Å².